The lowest BCUT2D eigenvalue weighted by molar-refractivity contribution is 0.0698. The lowest BCUT2D eigenvalue weighted by Gasteiger charge is -2.41. The predicted octanol–water partition coefficient (Wildman–Crippen LogP) is 3.58. The minimum absolute atomic E-state index is 0.253. The van der Waals surface area contributed by atoms with Crippen LogP contribution >= 0.6 is 11.8 Å². The lowest BCUT2D eigenvalue weighted by atomic mass is 9.84. The summed E-state index contributed by atoms with van der Waals surface area (Å²) < 4.78 is 2.40. The van der Waals surface area contributed by atoms with Crippen molar-refractivity contribution in [2.45, 2.75) is 43.9 Å². The van der Waals surface area contributed by atoms with Gasteiger partial charge in [0, 0.05) is 17.7 Å². The molecule has 112 valence electrons. The third-order valence-corrected chi connectivity index (χ3v) is 5.94. The van der Waals surface area contributed by atoms with Gasteiger partial charge in [-0.25, -0.2) is 9.78 Å². The van der Waals surface area contributed by atoms with Gasteiger partial charge in [0.2, 0.25) is 0 Å². The standard InChI is InChI=1S/C16H20N2O2S/c1-3-13-17-12-7-4-6-11(15(19)20)14(12)18(13)10-16(21-2)8-5-9-16/h4,6-7H,3,5,8-10H2,1-2H3,(H,19,20). The van der Waals surface area contributed by atoms with E-state index in [1.54, 1.807) is 12.1 Å². The molecule has 0 unspecified atom stereocenters. The highest BCUT2D eigenvalue weighted by molar-refractivity contribution is 8.00. The number of carboxylic acid groups (broad SMARTS) is 1. The van der Waals surface area contributed by atoms with Gasteiger partial charge in [-0.2, -0.15) is 11.8 Å². The fraction of sp³-hybridized carbons (Fsp3) is 0.500. The molecule has 1 saturated carbocycles. The van der Waals surface area contributed by atoms with Crippen molar-refractivity contribution in [3.05, 3.63) is 29.6 Å². The summed E-state index contributed by atoms with van der Waals surface area (Å²) in [5.41, 5.74) is 1.93. The molecule has 0 aliphatic heterocycles. The number of imidazole rings is 1. The number of aromatic carboxylic acids is 1. The summed E-state index contributed by atoms with van der Waals surface area (Å²) in [6.07, 6.45) is 6.64. The van der Waals surface area contributed by atoms with Crippen molar-refractivity contribution in [2.75, 3.05) is 6.26 Å². The Morgan fingerprint density at radius 2 is 2.24 bits per heavy atom. The molecule has 0 saturated heterocycles. The quantitative estimate of drug-likeness (QED) is 0.917. The lowest BCUT2D eigenvalue weighted by Crippen LogP contribution is -2.38. The first-order valence-electron chi connectivity index (χ1n) is 7.37. The van der Waals surface area contributed by atoms with Crippen molar-refractivity contribution in [3.8, 4) is 0 Å². The van der Waals surface area contributed by atoms with Gasteiger partial charge >= 0.3 is 5.97 Å². The van der Waals surface area contributed by atoms with E-state index >= 15 is 0 Å². The van der Waals surface area contributed by atoms with Gasteiger partial charge in [0.1, 0.15) is 5.82 Å². The smallest absolute Gasteiger partial charge is 0.337 e. The maximum atomic E-state index is 11.5. The topological polar surface area (TPSA) is 55.1 Å². The molecule has 2 aromatic rings. The number of benzene rings is 1. The highest BCUT2D eigenvalue weighted by atomic mass is 32.2. The van der Waals surface area contributed by atoms with Crippen LogP contribution in [0.1, 0.15) is 42.4 Å². The molecular weight excluding hydrogens is 284 g/mol. The van der Waals surface area contributed by atoms with Crippen LogP contribution in [-0.2, 0) is 13.0 Å². The molecule has 5 heteroatoms. The number of aromatic nitrogens is 2. The predicted molar refractivity (Wildman–Crippen MR) is 86.2 cm³/mol. The zero-order valence-corrected chi connectivity index (χ0v) is 13.2. The van der Waals surface area contributed by atoms with E-state index < -0.39 is 5.97 Å². The summed E-state index contributed by atoms with van der Waals surface area (Å²) in [5, 5.41) is 9.47. The summed E-state index contributed by atoms with van der Waals surface area (Å²) in [6, 6.07) is 5.36. The molecule has 1 aromatic heterocycles. The van der Waals surface area contributed by atoms with Gasteiger partial charge < -0.3 is 9.67 Å². The van der Waals surface area contributed by atoms with Crippen LogP contribution in [0.25, 0.3) is 11.0 Å². The summed E-state index contributed by atoms with van der Waals surface area (Å²) in [7, 11) is 0. The molecule has 21 heavy (non-hydrogen) atoms. The minimum Gasteiger partial charge on any atom is -0.478 e. The highest BCUT2D eigenvalue weighted by Crippen LogP contribution is 2.45. The second kappa shape index (κ2) is 5.37. The van der Waals surface area contributed by atoms with E-state index in [1.165, 1.54) is 19.3 Å². The number of rotatable bonds is 5. The largest absolute Gasteiger partial charge is 0.478 e. The van der Waals surface area contributed by atoms with Crippen molar-refractivity contribution in [3.63, 3.8) is 0 Å². The molecule has 1 fully saturated rings. The summed E-state index contributed by atoms with van der Waals surface area (Å²) in [6.45, 7) is 2.93. The minimum atomic E-state index is -0.879. The van der Waals surface area contributed by atoms with Crippen molar-refractivity contribution >= 4 is 28.8 Å². The average molecular weight is 304 g/mol. The molecule has 1 heterocycles. The number of fused-ring (bicyclic) bond motifs is 1. The maximum Gasteiger partial charge on any atom is 0.337 e. The second-order valence-corrected chi connectivity index (χ2v) is 6.96. The van der Waals surface area contributed by atoms with Gasteiger partial charge in [0.05, 0.1) is 16.6 Å². The molecule has 1 aliphatic carbocycles. The number of thioether (sulfide) groups is 1. The Balaban J connectivity index is 2.16. The zero-order chi connectivity index (χ0) is 15.0. The highest BCUT2D eigenvalue weighted by Gasteiger charge is 2.37. The van der Waals surface area contributed by atoms with Crippen LogP contribution in [0.5, 0.6) is 0 Å². The summed E-state index contributed by atoms with van der Waals surface area (Å²) in [5.74, 6) is 0.107. The maximum absolute atomic E-state index is 11.5. The van der Waals surface area contributed by atoms with Gasteiger partial charge in [-0.15, -0.1) is 0 Å². The monoisotopic (exact) mass is 304 g/mol. The normalized spacial score (nSPS) is 16.9. The first kappa shape index (κ1) is 14.4. The Kier molecular flexibility index (Phi) is 3.69. The van der Waals surface area contributed by atoms with Crippen molar-refractivity contribution in [2.24, 2.45) is 0 Å². The fourth-order valence-corrected chi connectivity index (χ4v) is 4.09. The van der Waals surface area contributed by atoms with Crippen LogP contribution in [-0.4, -0.2) is 31.6 Å². The van der Waals surface area contributed by atoms with Gasteiger partial charge in [-0.05, 0) is 31.2 Å². The van der Waals surface area contributed by atoms with Gasteiger partial charge in [0.15, 0.2) is 0 Å². The van der Waals surface area contributed by atoms with Crippen LogP contribution < -0.4 is 0 Å². The van der Waals surface area contributed by atoms with Crippen LogP contribution in [0, 0.1) is 0 Å². The van der Waals surface area contributed by atoms with Crippen molar-refractivity contribution < 1.29 is 9.90 Å². The van der Waals surface area contributed by atoms with E-state index in [0.29, 0.717) is 5.56 Å². The summed E-state index contributed by atoms with van der Waals surface area (Å²) in [4.78, 5) is 16.2. The number of carboxylic acids is 1. The van der Waals surface area contributed by atoms with E-state index in [1.807, 2.05) is 17.8 Å². The Bertz CT molecular complexity index is 683. The van der Waals surface area contributed by atoms with E-state index in [9.17, 15) is 9.90 Å². The number of para-hydroxylation sites is 1. The number of aryl methyl sites for hydroxylation is 1. The SMILES string of the molecule is CCc1nc2cccc(C(=O)O)c2n1CC1(SC)CCC1. The number of carbonyl (C=O) groups is 1. The third-order valence-electron chi connectivity index (χ3n) is 4.54. The van der Waals surface area contributed by atoms with Gasteiger partial charge in [-0.1, -0.05) is 19.4 Å². The zero-order valence-electron chi connectivity index (χ0n) is 12.4. The number of nitrogens with zero attached hydrogens (tertiary/aromatic N) is 2. The average Bonchev–Trinajstić information content (AvgIpc) is 2.80. The molecule has 0 spiro atoms. The Morgan fingerprint density at radius 3 is 2.76 bits per heavy atom. The van der Waals surface area contributed by atoms with Crippen LogP contribution in [0.3, 0.4) is 0 Å². The third kappa shape index (κ3) is 2.33. The molecule has 0 atom stereocenters. The van der Waals surface area contributed by atoms with Crippen LogP contribution in [0.2, 0.25) is 0 Å². The van der Waals surface area contributed by atoms with E-state index in [4.69, 9.17) is 0 Å². The van der Waals surface area contributed by atoms with Crippen molar-refractivity contribution in [1.82, 2.24) is 9.55 Å². The van der Waals surface area contributed by atoms with E-state index in [2.05, 4.69) is 22.7 Å². The Labute approximate surface area is 128 Å². The molecule has 0 bridgehead atoms. The van der Waals surface area contributed by atoms with E-state index in [-0.39, 0.29) is 4.75 Å². The fourth-order valence-electron chi connectivity index (χ4n) is 3.13. The van der Waals surface area contributed by atoms with Gasteiger partial charge in [0.25, 0.3) is 0 Å². The molecule has 4 nitrogen and oxygen atoms in total. The van der Waals surface area contributed by atoms with Crippen LogP contribution in [0.4, 0.5) is 0 Å². The molecule has 1 aliphatic rings. The molecule has 3 rings (SSSR count). The molecule has 0 amide bonds. The second-order valence-electron chi connectivity index (χ2n) is 5.69. The first-order valence-corrected chi connectivity index (χ1v) is 8.59. The Morgan fingerprint density at radius 1 is 1.48 bits per heavy atom. The van der Waals surface area contributed by atoms with Crippen molar-refractivity contribution in [1.29, 1.82) is 0 Å². The number of hydrogen-bond donors (Lipinski definition) is 1. The van der Waals surface area contributed by atoms with E-state index in [0.717, 1.165) is 29.8 Å². The Hall–Kier alpha value is -1.49. The first-order chi connectivity index (χ1) is 10.1. The van der Waals surface area contributed by atoms with Crippen LogP contribution in [0.15, 0.2) is 18.2 Å². The van der Waals surface area contributed by atoms with Gasteiger partial charge in [-0.3, -0.25) is 0 Å². The summed E-state index contributed by atoms with van der Waals surface area (Å²) >= 11 is 1.90. The molecular formula is C16H20N2O2S. The molecule has 0 radical (unpaired) electrons. The molecule has 1 N–H and O–H groups in total. The number of hydrogen-bond acceptors (Lipinski definition) is 3. The molecule has 1 aromatic carbocycles.